The van der Waals surface area contributed by atoms with Crippen LogP contribution in [0, 0.1) is 20.8 Å². The van der Waals surface area contributed by atoms with Crippen molar-refractivity contribution < 1.29 is 12.8 Å². The Kier molecular flexibility index (Phi) is 4.43. The molecule has 142 valence electrons. The van der Waals surface area contributed by atoms with E-state index in [1.54, 1.807) is 30.3 Å². The quantitative estimate of drug-likeness (QED) is 0.517. The fourth-order valence-corrected chi connectivity index (χ4v) is 4.07. The molecule has 0 spiro atoms. The molecule has 28 heavy (non-hydrogen) atoms. The van der Waals surface area contributed by atoms with Gasteiger partial charge in [0.2, 0.25) is 5.89 Å². The van der Waals surface area contributed by atoms with Crippen LogP contribution in [0.4, 0.5) is 5.69 Å². The van der Waals surface area contributed by atoms with Crippen LogP contribution in [-0.4, -0.2) is 13.4 Å². The molecule has 3 aromatic carbocycles. The third kappa shape index (κ3) is 3.51. The predicted molar refractivity (Wildman–Crippen MR) is 111 cm³/mol. The normalized spacial score (nSPS) is 11.7. The number of oxazole rings is 1. The van der Waals surface area contributed by atoms with Crippen molar-refractivity contribution in [2.75, 3.05) is 4.72 Å². The molecule has 0 bridgehead atoms. The molecule has 1 heterocycles. The van der Waals surface area contributed by atoms with Gasteiger partial charge in [0.15, 0.2) is 5.58 Å². The number of hydrogen-bond acceptors (Lipinski definition) is 4. The second kappa shape index (κ2) is 6.80. The van der Waals surface area contributed by atoms with Gasteiger partial charge < -0.3 is 4.42 Å². The number of anilines is 1. The Morgan fingerprint density at radius 3 is 2.32 bits per heavy atom. The topological polar surface area (TPSA) is 72.2 Å². The van der Waals surface area contributed by atoms with Gasteiger partial charge >= 0.3 is 0 Å². The lowest BCUT2D eigenvalue weighted by molar-refractivity contribution is 0.601. The van der Waals surface area contributed by atoms with E-state index >= 15 is 0 Å². The first-order valence-corrected chi connectivity index (χ1v) is 10.4. The predicted octanol–water partition coefficient (Wildman–Crippen LogP) is 5.22. The zero-order valence-electron chi connectivity index (χ0n) is 15.9. The van der Waals surface area contributed by atoms with E-state index in [0.717, 1.165) is 22.2 Å². The Bertz CT molecular complexity index is 1270. The van der Waals surface area contributed by atoms with Crippen molar-refractivity contribution >= 4 is 26.8 Å². The summed E-state index contributed by atoms with van der Waals surface area (Å²) in [6.45, 7) is 5.77. The molecule has 0 fully saturated rings. The van der Waals surface area contributed by atoms with E-state index in [2.05, 4.69) is 9.71 Å². The number of rotatable bonds is 4. The lowest BCUT2D eigenvalue weighted by atomic mass is 10.1. The second-order valence-corrected chi connectivity index (χ2v) is 8.62. The SMILES string of the molecule is Cc1ccc(S(=O)(=O)Nc2cc(-c3nc4cc(C)ccc4o3)ccc2C)cc1. The van der Waals surface area contributed by atoms with Crippen molar-refractivity contribution in [3.63, 3.8) is 0 Å². The second-order valence-electron chi connectivity index (χ2n) is 6.94. The third-order valence-corrected chi connectivity index (χ3v) is 5.98. The lowest BCUT2D eigenvalue weighted by Gasteiger charge is -2.12. The molecule has 0 saturated carbocycles. The molecule has 0 unspecified atom stereocenters. The molecular weight excluding hydrogens is 372 g/mol. The molecule has 0 aliphatic carbocycles. The van der Waals surface area contributed by atoms with Crippen molar-refractivity contribution in [1.82, 2.24) is 4.98 Å². The summed E-state index contributed by atoms with van der Waals surface area (Å²) in [5.74, 6) is 0.455. The van der Waals surface area contributed by atoms with Gasteiger partial charge in [-0.3, -0.25) is 4.72 Å². The molecule has 4 rings (SSSR count). The standard InChI is InChI=1S/C22H20N2O3S/c1-14-4-9-18(10-5-14)28(25,26)24-19-13-17(8-7-16(19)3)22-23-20-12-15(2)6-11-21(20)27-22/h4-13,24H,1-3H3. The van der Waals surface area contributed by atoms with E-state index in [1.807, 2.05) is 51.1 Å². The van der Waals surface area contributed by atoms with Gasteiger partial charge in [-0.25, -0.2) is 13.4 Å². The van der Waals surface area contributed by atoms with Gasteiger partial charge in [-0.1, -0.05) is 29.8 Å². The van der Waals surface area contributed by atoms with Gasteiger partial charge in [0.05, 0.1) is 10.6 Å². The summed E-state index contributed by atoms with van der Waals surface area (Å²) < 4.78 is 34.0. The molecule has 5 nitrogen and oxygen atoms in total. The number of aryl methyl sites for hydroxylation is 3. The average molecular weight is 392 g/mol. The number of nitrogens with zero attached hydrogens (tertiary/aromatic N) is 1. The van der Waals surface area contributed by atoms with Crippen molar-refractivity contribution in [2.24, 2.45) is 0 Å². The summed E-state index contributed by atoms with van der Waals surface area (Å²) in [7, 11) is -3.68. The molecule has 1 N–H and O–H groups in total. The minimum absolute atomic E-state index is 0.222. The fraction of sp³-hybridized carbons (Fsp3) is 0.136. The molecule has 0 saturated heterocycles. The van der Waals surface area contributed by atoms with Crippen LogP contribution in [-0.2, 0) is 10.0 Å². The smallest absolute Gasteiger partial charge is 0.261 e. The number of nitrogens with one attached hydrogen (secondary N) is 1. The van der Waals surface area contributed by atoms with Gasteiger partial charge in [-0.05, 0) is 68.3 Å². The highest BCUT2D eigenvalue weighted by Gasteiger charge is 2.17. The van der Waals surface area contributed by atoms with Crippen LogP contribution in [0.1, 0.15) is 16.7 Å². The summed E-state index contributed by atoms with van der Waals surface area (Å²) in [4.78, 5) is 4.76. The average Bonchev–Trinajstić information content (AvgIpc) is 3.07. The molecule has 0 aliphatic heterocycles. The van der Waals surface area contributed by atoms with E-state index in [4.69, 9.17) is 4.42 Å². The zero-order chi connectivity index (χ0) is 19.9. The Balaban J connectivity index is 1.71. The highest BCUT2D eigenvalue weighted by molar-refractivity contribution is 7.92. The van der Waals surface area contributed by atoms with Crippen molar-refractivity contribution in [3.8, 4) is 11.5 Å². The van der Waals surface area contributed by atoms with E-state index in [9.17, 15) is 8.42 Å². The molecule has 0 radical (unpaired) electrons. The number of hydrogen-bond donors (Lipinski definition) is 1. The molecule has 0 aliphatic rings. The lowest BCUT2D eigenvalue weighted by Crippen LogP contribution is -2.13. The maximum absolute atomic E-state index is 12.7. The van der Waals surface area contributed by atoms with Crippen LogP contribution in [0.15, 0.2) is 70.0 Å². The van der Waals surface area contributed by atoms with E-state index in [1.165, 1.54) is 0 Å². The Hall–Kier alpha value is -3.12. The van der Waals surface area contributed by atoms with Crippen LogP contribution < -0.4 is 4.72 Å². The highest BCUT2D eigenvalue weighted by atomic mass is 32.2. The Morgan fingerprint density at radius 2 is 1.57 bits per heavy atom. The van der Waals surface area contributed by atoms with Crippen LogP contribution in [0.25, 0.3) is 22.6 Å². The van der Waals surface area contributed by atoms with Gasteiger partial charge in [0.1, 0.15) is 5.52 Å². The number of sulfonamides is 1. The molecule has 0 atom stereocenters. The van der Waals surface area contributed by atoms with Gasteiger partial charge in [0, 0.05) is 5.56 Å². The van der Waals surface area contributed by atoms with E-state index in [0.29, 0.717) is 22.7 Å². The van der Waals surface area contributed by atoms with Crippen LogP contribution in [0.5, 0.6) is 0 Å². The first-order chi connectivity index (χ1) is 13.3. The van der Waals surface area contributed by atoms with E-state index in [-0.39, 0.29) is 4.90 Å². The zero-order valence-corrected chi connectivity index (χ0v) is 16.7. The first kappa shape index (κ1) is 18.3. The number of aromatic nitrogens is 1. The Labute approximate surface area is 164 Å². The Morgan fingerprint density at radius 1 is 0.857 bits per heavy atom. The van der Waals surface area contributed by atoms with Crippen molar-refractivity contribution in [1.29, 1.82) is 0 Å². The fourth-order valence-electron chi connectivity index (χ4n) is 2.95. The van der Waals surface area contributed by atoms with Gasteiger partial charge in [-0.2, -0.15) is 0 Å². The first-order valence-electron chi connectivity index (χ1n) is 8.89. The molecule has 1 aromatic heterocycles. The molecule has 4 aromatic rings. The number of benzene rings is 3. The molecule has 0 amide bonds. The maximum atomic E-state index is 12.7. The molecule has 6 heteroatoms. The van der Waals surface area contributed by atoms with Crippen LogP contribution in [0.2, 0.25) is 0 Å². The summed E-state index contributed by atoms with van der Waals surface area (Å²) in [5.41, 5.74) is 5.59. The maximum Gasteiger partial charge on any atom is 0.261 e. The van der Waals surface area contributed by atoms with Crippen molar-refractivity contribution in [3.05, 3.63) is 77.4 Å². The third-order valence-electron chi connectivity index (χ3n) is 4.60. The van der Waals surface area contributed by atoms with Gasteiger partial charge in [0.25, 0.3) is 10.0 Å². The van der Waals surface area contributed by atoms with Crippen molar-refractivity contribution in [2.45, 2.75) is 25.7 Å². The highest BCUT2D eigenvalue weighted by Crippen LogP contribution is 2.29. The number of fused-ring (bicyclic) bond motifs is 1. The summed E-state index contributed by atoms with van der Waals surface area (Å²) in [6, 6.07) is 18.0. The summed E-state index contributed by atoms with van der Waals surface area (Å²) in [6.07, 6.45) is 0. The molecular formula is C22H20N2O3S. The minimum atomic E-state index is -3.68. The van der Waals surface area contributed by atoms with Crippen LogP contribution >= 0.6 is 0 Å². The van der Waals surface area contributed by atoms with E-state index < -0.39 is 10.0 Å². The minimum Gasteiger partial charge on any atom is -0.436 e. The summed E-state index contributed by atoms with van der Waals surface area (Å²) in [5, 5.41) is 0. The largest absolute Gasteiger partial charge is 0.436 e. The van der Waals surface area contributed by atoms with Gasteiger partial charge in [-0.15, -0.1) is 0 Å². The van der Waals surface area contributed by atoms with Crippen LogP contribution in [0.3, 0.4) is 0 Å². The monoisotopic (exact) mass is 392 g/mol. The summed E-state index contributed by atoms with van der Waals surface area (Å²) >= 11 is 0.